The number of nitrogens with zero attached hydrogens (tertiary/aromatic N) is 5. The van der Waals surface area contributed by atoms with Crippen molar-refractivity contribution >= 4 is 39.1 Å². The van der Waals surface area contributed by atoms with E-state index in [1.807, 2.05) is 0 Å². The molecule has 0 spiro atoms. The number of benzene rings is 1. The number of primary amides is 1. The number of nitrogens with two attached hydrogens (primary N) is 1. The van der Waals surface area contributed by atoms with E-state index in [1.165, 1.54) is 10.6 Å². The molecule has 0 unspecified atom stereocenters. The van der Waals surface area contributed by atoms with Gasteiger partial charge in [0, 0.05) is 36.8 Å². The number of carbonyl (C=O) groups is 2. The third kappa shape index (κ3) is 4.32. The Balaban J connectivity index is 1.65. The second-order valence-electron chi connectivity index (χ2n) is 6.87. The predicted molar refractivity (Wildman–Crippen MR) is 109 cm³/mol. The van der Waals surface area contributed by atoms with E-state index in [1.54, 1.807) is 29.2 Å². The molecule has 1 aliphatic rings. The van der Waals surface area contributed by atoms with Crippen LogP contribution >= 0.6 is 0 Å². The van der Waals surface area contributed by atoms with Gasteiger partial charge in [0.05, 0.1) is 13.2 Å². The second-order valence-corrected chi connectivity index (χ2v) is 8.78. The van der Waals surface area contributed by atoms with Gasteiger partial charge >= 0.3 is 0 Å². The van der Waals surface area contributed by atoms with Gasteiger partial charge < -0.3 is 20.7 Å². The summed E-state index contributed by atoms with van der Waals surface area (Å²) in [6.45, 7) is 2.09. The maximum atomic E-state index is 12.6. The molecule has 1 saturated heterocycles. The van der Waals surface area contributed by atoms with Crippen molar-refractivity contribution in [3.05, 3.63) is 41.7 Å². The van der Waals surface area contributed by atoms with Crippen molar-refractivity contribution in [2.24, 2.45) is 5.73 Å². The number of fused-ring (bicyclic) bond motifs is 1. The number of aromatic nitrogens is 4. The van der Waals surface area contributed by atoms with E-state index >= 15 is 0 Å². The first kappa shape index (κ1) is 20.7. The molecule has 1 fully saturated rings. The van der Waals surface area contributed by atoms with Crippen LogP contribution in [0.3, 0.4) is 0 Å². The summed E-state index contributed by atoms with van der Waals surface area (Å²) in [5.41, 5.74) is 6.22. The van der Waals surface area contributed by atoms with Crippen molar-refractivity contribution < 1.29 is 22.7 Å². The first-order valence-electron chi connectivity index (χ1n) is 9.23. The third-order valence-electron chi connectivity index (χ3n) is 4.58. The summed E-state index contributed by atoms with van der Waals surface area (Å²) in [5, 5.41) is 2.51. The minimum Gasteiger partial charge on any atom is -0.378 e. The van der Waals surface area contributed by atoms with E-state index in [4.69, 9.17) is 10.5 Å². The zero-order chi connectivity index (χ0) is 22.2. The molecule has 0 bridgehead atoms. The molecule has 2 aromatic heterocycles. The number of hydrogen-bond acceptors (Lipinski definition) is 9. The quantitative estimate of drug-likeness (QED) is 0.543. The lowest BCUT2D eigenvalue weighted by atomic mass is 10.1. The van der Waals surface area contributed by atoms with Gasteiger partial charge in [-0.25, -0.2) is 13.4 Å². The minimum absolute atomic E-state index is 0.0501. The summed E-state index contributed by atoms with van der Waals surface area (Å²) in [6.07, 6.45) is 2.27. The molecule has 12 nitrogen and oxygen atoms in total. The summed E-state index contributed by atoms with van der Waals surface area (Å²) in [4.78, 5) is 37.6. The highest BCUT2D eigenvalue weighted by Gasteiger charge is 2.20. The summed E-state index contributed by atoms with van der Waals surface area (Å²) >= 11 is 0. The Labute approximate surface area is 177 Å². The molecule has 31 heavy (non-hydrogen) atoms. The molecule has 1 aliphatic heterocycles. The Morgan fingerprint density at radius 3 is 2.39 bits per heavy atom. The number of nitrogens with one attached hydrogen (secondary N) is 1. The van der Waals surface area contributed by atoms with Gasteiger partial charge in [-0.2, -0.15) is 9.97 Å². The van der Waals surface area contributed by atoms with Crippen LogP contribution in [0.25, 0.3) is 5.78 Å². The lowest BCUT2D eigenvalue weighted by molar-refractivity contribution is 0.0303. The molecule has 0 atom stereocenters. The zero-order valence-corrected chi connectivity index (χ0v) is 17.3. The molecule has 2 amide bonds. The number of hydrogen-bond donors (Lipinski definition) is 2. The summed E-state index contributed by atoms with van der Waals surface area (Å²) < 4.78 is 30.5. The number of ether oxygens (including phenoxy) is 1. The Hall–Kier alpha value is -3.58. The largest absolute Gasteiger partial charge is 0.378 e. The highest BCUT2D eigenvalue weighted by molar-refractivity contribution is 7.90. The molecule has 4 rings (SSSR count). The standard InChI is InChI=1S/C18H19N7O5S/c1-31(28,29)18-22-16(25-10-13(14(19)26)21-17(25)23-18)20-12-4-2-11(3-5-12)15(27)24-6-8-30-9-7-24/h2-5,10H,6-9H2,1H3,(H2,19,26)(H,20,21,22,23). The van der Waals surface area contributed by atoms with Crippen molar-refractivity contribution in [2.75, 3.05) is 37.9 Å². The van der Waals surface area contributed by atoms with Gasteiger partial charge in [-0.05, 0) is 24.3 Å². The molecule has 0 saturated carbocycles. The topological polar surface area (TPSA) is 162 Å². The van der Waals surface area contributed by atoms with Crippen LogP contribution in [-0.4, -0.2) is 77.0 Å². The number of imidazole rings is 1. The van der Waals surface area contributed by atoms with Crippen molar-refractivity contribution in [3.63, 3.8) is 0 Å². The average Bonchev–Trinajstić information content (AvgIpc) is 3.19. The molecule has 3 N–H and O–H groups in total. The van der Waals surface area contributed by atoms with E-state index in [-0.39, 0.29) is 23.3 Å². The molecule has 0 aliphatic carbocycles. The van der Waals surface area contributed by atoms with E-state index in [0.29, 0.717) is 37.6 Å². The fraction of sp³-hybridized carbons (Fsp3) is 0.278. The first-order valence-corrected chi connectivity index (χ1v) is 11.1. The monoisotopic (exact) mass is 445 g/mol. The number of carbonyl (C=O) groups excluding carboxylic acids is 2. The number of morpholine rings is 1. The first-order chi connectivity index (χ1) is 14.7. The summed E-state index contributed by atoms with van der Waals surface area (Å²) in [7, 11) is -3.74. The van der Waals surface area contributed by atoms with Crippen molar-refractivity contribution in [2.45, 2.75) is 5.16 Å². The molecule has 3 aromatic rings. The van der Waals surface area contributed by atoms with Gasteiger partial charge in [0.2, 0.25) is 21.6 Å². The maximum absolute atomic E-state index is 12.6. The highest BCUT2D eigenvalue weighted by atomic mass is 32.2. The normalized spacial score (nSPS) is 14.5. The van der Waals surface area contributed by atoms with Crippen LogP contribution in [-0.2, 0) is 14.6 Å². The number of anilines is 2. The van der Waals surface area contributed by atoms with Crippen LogP contribution < -0.4 is 11.1 Å². The van der Waals surface area contributed by atoms with Crippen molar-refractivity contribution in [1.29, 1.82) is 0 Å². The zero-order valence-electron chi connectivity index (χ0n) is 16.5. The molecule has 0 radical (unpaired) electrons. The van der Waals surface area contributed by atoms with Crippen LogP contribution in [0.1, 0.15) is 20.8 Å². The smallest absolute Gasteiger partial charge is 0.268 e. The molecule has 13 heteroatoms. The van der Waals surface area contributed by atoms with E-state index < -0.39 is 20.9 Å². The summed E-state index contributed by atoms with van der Waals surface area (Å²) in [6, 6.07) is 6.62. The lowest BCUT2D eigenvalue weighted by Gasteiger charge is -2.26. The van der Waals surface area contributed by atoms with Crippen LogP contribution in [0, 0.1) is 0 Å². The number of sulfone groups is 1. The van der Waals surface area contributed by atoms with E-state index in [0.717, 1.165) is 6.26 Å². The van der Waals surface area contributed by atoms with Crippen LogP contribution in [0.4, 0.5) is 11.6 Å². The fourth-order valence-corrected chi connectivity index (χ4v) is 3.51. The Kier molecular flexibility index (Phi) is 5.29. The third-order valence-corrected chi connectivity index (χ3v) is 5.43. The van der Waals surface area contributed by atoms with Gasteiger partial charge in [-0.1, -0.05) is 0 Å². The maximum Gasteiger partial charge on any atom is 0.268 e. The fourth-order valence-electron chi connectivity index (χ4n) is 3.01. The molecule has 162 valence electrons. The molecular formula is C18H19N7O5S. The van der Waals surface area contributed by atoms with Crippen LogP contribution in [0.2, 0.25) is 0 Å². The van der Waals surface area contributed by atoms with Crippen molar-refractivity contribution in [3.8, 4) is 0 Å². The average molecular weight is 445 g/mol. The van der Waals surface area contributed by atoms with Crippen LogP contribution in [0.5, 0.6) is 0 Å². The van der Waals surface area contributed by atoms with Crippen molar-refractivity contribution in [1.82, 2.24) is 24.3 Å². The Bertz CT molecular complexity index is 1260. The molecule has 3 heterocycles. The van der Waals surface area contributed by atoms with Gasteiger partial charge in [-0.3, -0.25) is 14.0 Å². The number of amides is 2. The SMILES string of the molecule is CS(=O)(=O)c1nc(Nc2ccc(C(=O)N3CCOCC3)cc2)n2cc(C(N)=O)nc2n1. The van der Waals surface area contributed by atoms with E-state index in [2.05, 4.69) is 20.3 Å². The Morgan fingerprint density at radius 1 is 1.10 bits per heavy atom. The van der Waals surface area contributed by atoms with Gasteiger partial charge in [-0.15, -0.1) is 0 Å². The summed E-state index contributed by atoms with van der Waals surface area (Å²) in [5.74, 6) is -0.869. The predicted octanol–water partition coefficient (Wildman–Crippen LogP) is -0.157. The van der Waals surface area contributed by atoms with Crippen LogP contribution in [0.15, 0.2) is 35.6 Å². The molecular weight excluding hydrogens is 426 g/mol. The molecule has 1 aromatic carbocycles. The van der Waals surface area contributed by atoms with Gasteiger partial charge in [0.25, 0.3) is 17.0 Å². The minimum atomic E-state index is -3.74. The Morgan fingerprint density at radius 2 is 1.77 bits per heavy atom. The number of rotatable bonds is 5. The highest BCUT2D eigenvalue weighted by Crippen LogP contribution is 2.19. The van der Waals surface area contributed by atoms with E-state index in [9.17, 15) is 18.0 Å². The lowest BCUT2D eigenvalue weighted by Crippen LogP contribution is -2.40. The van der Waals surface area contributed by atoms with Gasteiger partial charge in [0.1, 0.15) is 5.69 Å². The van der Waals surface area contributed by atoms with Gasteiger partial charge in [0.15, 0.2) is 0 Å². The second kappa shape index (κ2) is 7.92.